The van der Waals surface area contributed by atoms with Crippen LogP contribution in [0.2, 0.25) is 0 Å². The largest absolute Gasteiger partial charge is 0.379 e. The molecule has 7 nitrogen and oxygen atoms in total. The van der Waals surface area contributed by atoms with Crippen LogP contribution < -0.4 is 15.5 Å². The monoisotopic (exact) mass is 427 g/mol. The molecule has 7 heteroatoms. The first-order chi connectivity index (χ1) is 15.2. The highest BCUT2D eigenvalue weighted by Gasteiger charge is 2.38. The summed E-state index contributed by atoms with van der Waals surface area (Å²) >= 11 is 0. The first-order valence-electron chi connectivity index (χ1n) is 11.9. The van der Waals surface area contributed by atoms with Crippen LogP contribution >= 0.6 is 0 Å². The van der Waals surface area contributed by atoms with Gasteiger partial charge in [0.1, 0.15) is 0 Å². The summed E-state index contributed by atoms with van der Waals surface area (Å²) in [5.41, 5.74) is 2.39. The number of amides is 1. The Hall–Kier alpha value is -2.12. The van der Waals surface area contributed by atoms with Crippen molar-refractivity contribution in [2.24, 2.45) is 4.99 Å². The molecule has 1 aromatic rings. The number of nitrogens with one attached hydrogen (secondary N) is 2. The SMILES string of the molecule is CN=C(NCc1ccc(N2CCCC2=O)cc1)NCC1(N2CCOCC2)CCCCC1. The van der Waals surface area contributed by atoms with Gasteiger partial charge < -0.3 is 20.3 Å². The summed E-state index contributed by atoms with van der Waals surface area (Å²) in [6.45, 7) is 6.19. The average molecular weight is 428 g/mol. The van der Waals surface area contributed by atoms with E-state index in [4.69, 9.17) is 4.74 Å². The number of benzene rings is 1. The van der Waals surface area contributed by atoms with E-state index in [1.165, 1.54) is 37.7 Å². The van der Waals surface area contributed by atoms with Crippen LogP contribution in [0.15, 0.2) is 29.3 Å². The number of carbonyl (C=O) groups is 1. The predicted molar refractivity (Wildman–Crippen MR) is 124 cm³/mol. The van der Waals surface area contributed by atoms with E-state index in [1.54, 1.807) is 0 Å². The van der Waals surface area contributed by atoms with Gasteiger partial charge in [-0.15, -0.1) is 0 Å². The molecule has 1 saturated carbocycles. The second-order valence-electron chi connectivity index (χ2n) is 8.98. The fraction of sp³-hybridized carbons (Fsp3) is 0.667. The van der Waals surface area contributed by atoms with E-state index in [0.717, 1.165) is 57.5 Å². The third-order valence-corrected chi connectivity index (χ3v) is 7.06. The van der Waals surface area contributed by atoms with Crippen molar-refractivity contribution in [3.05, 3.63) is 29.8 Å². The minimum absolute atomic E-state index is 0.212. The number of rotatable bonds is 6. The summed E-state index contributed by atoms with van der Waals surface area (Å²) < 4.78 is 5.60. The van der Waals surface area contributed by atoms with Crippen molar-refractivity contribution in [3.8, 4) is 0 Å². The number of carbonyl (C=O) groups excluding carboxylic acids is 1. The number of hydrogen-bond donors (Lipinski definition) is 2. The first-order valence-corrected chi connectivity index (χ1v) is 11.9. The second-order valence-corrected chi connectivity index (χ2v) is 8.98. The number of nitrogens with zero attached hydrogens (tertiary/aromatic N) is 3. The average Bonchev–Trinajstić information content (AvgIpc) is 3.26. The van der Waals surface area contributed by atoms with Crippen molar-refractivity contribution in [2.45, 2.75) is 57.0 Å². The van der Waals surface area contributed by atoms with Crippen LogP contribution in [0.5, 0.6) is 0 Å². The number of aliphatic imine (C=N–C) groups is 1. The van der Waals surface area contributed by atoms with Crippen molar-refractivity contribution in [3.63, 3.8) is 0 Å². The fourth-order valence-electron chi connectivity index (χ4n) is 5.22. The van der Waals surface area contributed by atoms with E-state index in [1.807, 2.05) is 24.1 Å². The molecule has 3 fully saturated rings. The van der Waals surface area contributed by atoms with Gasteiger partial charge in [-0.2, -0.15) is 0 Å². The lowest BCUT2D eigenvalue weighted by atomic mass is 9.80. The van der Waals surface area contributed by atoms with Gasteiger partial charge in [0.25, 0.3) is 0 Å². The molecule has 1 aliphatic carbocycles. The normalized spacial score (nSPS) is 22.5. The molecule has 0 bridgehead atoms. The molecular weight excluding hydrogens is 390 g/mol. The van der Waals surface area contributed by atoms with Gasteiger partial charge in [-0.3, -0.25) is 14.7 Å². The first kappa shape index (κ1) is 22.1. The van der Waals surface area contributed by atoms with Crippen molar-refractivity contribution >= 4 is 17.6 Å². The quantitative estimate of drug-likeness (QED) is 0.539. The molecule has 4 rings (SSSR count). The van der Waals surface area contributed by atoms with Crippen LogP contribution in [0.1, 0.15) is 50.5 Å². The molecule has 0 aromatic heterocycles. The van der Waals surface area contributed by atoms with Gasteiger partial charge in [0.2, 0.25) is 5.91 Å². The highest BCUT2D eigenvalue weighted by molar-refractivity contribution is 5.95. The maximum Gasteiger partial charge on any atom is 0.227 e. The van der Waals surface area contributed by atoms with E-state index in [2.05, 4.69) is 32.7 Å². The molecular formula is C24H37N5O2. The number of hydrogen-bond acceptors (Lipinski definition) is 4. The standard InChI is InChI=1S/C24H37N5O2/c1-25-23(26-18-20-7-9-21(10-8-20)29-13-5-6-22(29)30)27-19-24(11-3-2-4-12-24)28-14-16-31-17-15-28/h7-10H,2-6,11-19H2,1H3,(H2,25,26,27). The summed E-state index contributed by atoms with van der Waals surface area (Å²) in [6.07, 6.45) is 8.06. The molecule has 0 atom stereocenters. The Morgan fingerprint density at radius 3 is 2.42 bits per heavy atom. The second kappa shape index (κ2) is 10.5. The number of anilines is 1. The van der Waals surface area contributed by atoms with Gasteiger partial charge in [0.15, 0.2) is 5.96 Å². The van der Waals surface area contributed by atoms with Crippen LogP contribution in [0.4, 0.5) is 5.69 Å². The summed E-state index contributed by atoms with van der Waals surface area (Å²) in [4.78, 5) is 20.9. The molecule has 1 aromatic carbocycles. The van der Waals surface area contributed by atoms with E-state index in [9.17, 15) is 4.79 Å². The Kier molecular flexibility index (Phi) is 7.45. The molecule has 0 spiro atoms. The molecule has 3 aliphatic rings. The molecule has 2 N–H and O–H groups in total. The van der Waals surface area contributed by atoms with E-state index < -0.39 is 0 Å². The molecule has 31 heavy (non-hydrogen) atoms. The third kappa shape index (κ3) is 5.39. The number of morpholine rings is 1. The molecule has 2 heterocycles. The summed E-state index contributed by atoms with van der Waals surface area (Å²) in [6, 6.07) is 8.28. The lowest BCUT2D eigenvalue weighted by Crippen LogP contribution is -2.60. The van der Waals surface area contributed by atoms with Gasteiger partial charge in [-0.1, -0.05) is 31.4 Å². The maximum atomic E-state index is 11.9. The number of ether oxygens (including phenoxy) is 1. The van der Waals surface area contributed by atoms with E-state index >= 15 is 0 Å². The van der Waals surface area contributed by atoms with Crippen molar-refractivity contribution < 1.29 is 9.53 Å². The lowest BCUT2D eigenvalue weighted by Gasteiger charge is -2.48. The summed E-state index contributed by atoms with van der Waals surface area (Å²) in [5, 5.41) is 7.07. The Bertz CT molecular complexity index is 752. The predicted octanol–water partition coefficient (Wildman–Crippen LogP) is 2.51. The van der Waals surface area contributed by atoms with Crippen molar-refractivity contribution in [1.29, 1.82) is 0 Å². The van der Waals surface area contributed by atoms with Gasteiger partial charge in [0, 0.05) is 57.4 Å². The summed E-state index contributed by atoms with van der Waals surface area (Å²) in [7, 11) is 1.83. The molecule has 0 radical (unpaired) electrons. The fourth-order valence-corrected chi connectivity index (χ4v) is 5.22. The van der Waals surface area contributed by atoms with Crippen molar-refractivity contribution in [1.82, 2.24) is 15.5 Å². The van der Waals surface area contributed by atoms with Crippen molar-refractivity contribution in [2.75, 3.05) is 51.3 Å². The van der Waals surface area contributed by atoms with Crippen LogP contribution in [0.3, 0.4) is 0 Å². The molecule has 2 aliphatic heterocycles. The smallest absolute Gasteiger partial charge is 0.227 e. The summed E-state index contributed by atoms with van der Waals surface area (Å²) in [5.74, 6) is 1.07. The Labute approximate surface area is 186 Å². The Morgan fingerprint density at radius 1 is 1.03 bits per heavy atom. The zero-order valence-corrected chi connectivity index (χ0v) is 18.9. The highest BCUT2D eigenvalue weighted by atomic mass is 16.5. The van der Waals surface area contributed by atoms with E-state index in [0.29, 0.717) is 13.0 Å². The zero-order valence-electron chi connectivity index (χ0n) is 18.9. The third-order valence-electron chi connectivity index (χ3n) is 7.06. The zero-order chi connectivity index (χ0) is 21.5. The minimum atomic E-state index is 0.212. The molecule has 0 unspecified atom stereocenters. The number of guanidine groups is 1. The molecule has 1 amide bonds. The topological polar surface area (TPSA) is 69.2 Å². The van der Waals surface area contributed by atoms with Gasteiger partial charge in [0.05, 0.1) is 13.2 Å². The van der Waals surface area contributed by atoms with Gasteiger partial charge in [-0.05, 0) is 37.0 Å². The highest BCUT2D eigenvalue weighted by Crippen LogP contribution is 2.33. The molecule has 2 saturated heterocycles. The molecule has 170 valence electrons. The van der Waals surface area contributed by atoms with Crippen LogP contribution in [-0.4, -0.2) is 68.7 Å². The van der Waals surface area contributed by atoms with Crippen LogP contribution in [-0.2, 0) is 16.1 Å². The van der Waals surface area contributed by atoms with Crippen LogP contribution in [0.25, 0.3) is 0 Å². The van der Waals surface area contributed by atoms with Gasteiger partial charge in [-0.25, -0.2) is 0 Å². The van der Waals surface area contributed by atoms with E-state index in [-0.39, 0.29) is 11.4 Å². The lowest BCUT2D eigenvalue weighted by molar-refractivity contribution is -0.117. The Balaban J connectivity index is 1.31. The van der Waals surface area contributed by atoms with Gasteiger partial charge >= 0.3 is 0 Å². The van der Waals surface area contributed by atoms with Crippen LogP contribution in [0, 0.1) is 0 Å². The minimum Gasteiger partial charge on any atom is -0.379 e. The Morgan fingerprint density at radius 2 is 1.77 bits per heavy atom. The maximum absolute atomic E-state index is 11.9.